The van der Waals surface area contributed by atoms with E-state index in [9.17, 15) is 9.59 Å². The van der Waals surface area contributed by atoms with Crippen molar-refractivity contribution in [2.75, 3.05) is 32.1 Å². The van der Waals surface area contributed by atoms with Crippen LogP contribution in [-0.4, -0.2) is 48.6 Å². The lowest BCUT2D eigenvalue weighted by molar-refractivity contribution is 0.0792. The predicted octanol–water partition coefficient (Wildman–Crippen LogP) is 4.09. The van der Waals surface area contributed by atoms with E-state index in [1.807, 2.05) is 42.3 Å². The van der Waals surface area contributed by atoms with Crippen LogP contribution in [0.25, 0.3) is 10.9 Å². The lowest BCUT2D eigenvalue weighted by atomic mass is 10.1. The highest BCUT2D eigenvalue weighted by Gasteiger charge is 2.20. The maximum atomic E-state index is 12.5. The largest absolute Gasteiger partial charge is 0.497 e. The number of carbonyl (C=O) groups excluding carboxylic acids is 2. The van der Waals surface area contributed by atoms with Crippen molar-refractivity contribution in [3.05, 3.63) is 59.3 Å². The van der Waals surface area contributed by atoms with E-state index in [0.717, 1.165) is 53.7 Å². The third kappa shape index (κ3) is 4.66. The van der Waals surface area contributed by atoms with Gasteiger partial charge in [-0.15, -0.1) is 0 Å². The molecule has 162 valence electrons. The number of aromatic amines is 1. The average molecular weight is 421 g/mol. The van der Waals surface area contributed by atoms with Crippen molar-refractivity contribution in [2.24, 2.45) is 0 Å². The number of aromatic nitrogens is 1. The van der Waals surface area contributed by atoms with Crippen molar-refractivity contribution in [2.45, 2.75) is 26.2 Å². The van der Waals surface area contributed by atoms with Gasteiger partial charge >= 0.3 is 6.03 Å². The maximum Gasteiger partial charge on any atom is 0.319 e. The fourth-order valence-electron chi connectivity index (χ4n) is 4.01. The molecule has 3 amide bonds. The summed E-state index contributed by atoms with van der Waals surface area (Å²) >= 11 is 0. The number of aryl methyl sites for hydroxylation is 1. The van der Waals surface area contributed by atoms with E-state index >= 15 is 0 Å². The highest BCUT2D eigenvalue weighted by atomic mass is 16.5. The van der Waals surface area contributed by atoms with Crippen LogP contribution < -0.4 is 15.4 Å². The summed E-state index contributed by atoms with van der Waals surface area (Å²) in [5.74, 6) is 0.869. The minimum absolute atomic E-state index is 0.0620. The van der Waals surface area contributed by atoms with Crippen LogP contribution in [0.3, 0.4) is 0 Å². The number of methoxy groups -OCH3 is 1. The first-order chi connectivity index (χ1) is 15.0. The second-order valence-electron chi connectivity index (χ2n) is 7.89. The number of anilines is 1. The number of carbonyl (C=O) groups is 2. The molecule has 2 aromatic carbocycles. The molecule has 4 rings (SSSR count). The molecule has 31 heavy (non-hydrogen) atoms. The SMILES string of the molecule is COc1ccc2[nH]cc(CCNC(=O)Nc3ccc(C(=O)N4CCCC4)cc3C)c2c1. The van der Waals surface area contributed by atoms with Crippen molar-refractivity contribution in [3.8, 4) is 5.75 Å². The van der Waals surface area contributed by atoms with E-state index in [0.29, 0.717) is 24.2 Å². The number of hydrogen-bond donors (Lipinski definition) is 3. The molecular weight excluding hydrogens is 392 g/mol. The topological polar surface area (TPSA) is 86.5 Å². The number of hydrogen-bond acceptors (Lipinski definition) is 3. The monoisotopic (exact) mass is 420 g/mol. The van der Waals surface area contributed by atoms with Crippen LogP contribution in [0.5, 0.6) is 5.75 Å². The zero-order valence-corrected chi connectivity index (χ0v) is 18.0. The van der Waals surface area contributed by atoms with Gasteiger partial charge in [0.25, 0.3) is 5.91 Å². The molecule has 7 heteroatoms. The zero-order chi connectivity index (χ0) is 21.8. The van der Waals surface area contributed by atoms with Gasteiger partial charge in [-0.05, 0) is 73.7 Å². The summed E-state index contributed by atoms with van der Waals surface area (Å²) in [6, 6.07) is 11.1. The summed E-state index contributed by atoms with van der Waals surface area (Å²) in [5.41, 5.74) is 4.39. The minimum Gasteiger partial charge on any atom is -0.497 e. The number of rotatable bonds is 6. The maximum absolute atomic E-state index is 12.5. The fourth-order valence-corrected chi connectivity index (χ4v) is 4.01. The Labute approximate surface area is 181 Å². The molecule has 0 bridgehead atoms. The van der Waals surface area contributed by atoms with E-state index in [1.165, 1.54) is 0 Å². The average Bonchev–Trinajstić information content (AvgIpc) is 3.45. The molecule has 0 aliphatic carbocycles. The summed E-state index contributed by atoms with van der Waals surface area (Å²) in [4.78, 5) is 30.0. The second kappa shape index (κ2) is 9.12. The molecule has 0 spiro atoms. The number of H-pyrrole nitrogens is 1. The Morgan fingerprint density at radius 3 is 2.68 bits per heavy atom. The molecule has 0 saturated carbocycles. The van der Waals surface area contributed by atoms with Crippen molar-refractivity contribution in [1.29, 1.82) is 0 Å². The first-order valence-electron chi connectivity index (χ1n) is 10.6. The lowest BCUT2D eigenvalue weighted by Crippen LogP contribution is -2.31. The summed E-state index contributed by atoms with van der Waals surface area (Å²) in [6.45, 7) is 4.04. The molecule has 1 saturated heterocycles. The first-order valence-corrected chi connectivity index (χ1v) is 10.6. The number of nitrogens with zero attached hydrogens (tertiary/aromatic N) is 1. The third-order valence-corrected chi connectivity index (χ3v) is 5.77. The standard InChI is InChI=1S/C24H28N4O3/c1-16-13-17(23(29)28-11-3-4-12-28)5-7-21(16)27-24(30)25-10-9-18-15-26-22-8-6-19(31-2)14-20(18)22/h5-8,13-15,26H,3-4,9-12H2,1-2H3,(H2,25,27,30). The van der Waals surface area contributed by atoms with Gasteiger partial charge < -0.3 is 25.3 Å². The molecule has 3 aromatic rings. The predicted molar refractivity (Wildman–Crippen MR) is 122 cm³/mol. The fraction of sp³-hybridized carbons (Fsp3) is 0.333. The van der Waals surface area contributed by atoms with Gasteiger partial charge in [0.15, 0.2) is 0 Å². The summed E-state index contributed by atoms with van der Waals surface area (Å²) in [7, 11) is 1.65. The van der Waals surface area contributed by atoms with Gasteiger partial charge in [-0.2, -0.15) is 0 Å². The van der Waals surface area contributed by atoms with Crippen LogP contribution in [0.2, 0.25) is 0 Å². The number of urea groups is 1. The van der Waals surface area contributed by atoms with Crippen LogP contribution in [0.15, 0.2) is 42.6 Å². The Hall–Kier alpha value is -3.48. The van der Waals surface area contributed by atoms with Crippen molar-refractivity contribution < 1.29 is 14.3 Å². The van der Waals surface area contributed by atoms with Crippen LogP contribution >= 0.6 is 0 Å². The first kappa shape index (κ1) is 20.8. The molecule has 7 nitrogen and oxygen atoms in total. The lowest BCUT2D eigenvalue weighted by Gasteiger charge is -2.16. The van der Waals surface area contributed by atoms with Gasteiger partial charge in [0, 0.05) is 48.0 Å². The van der Waals surface area contributed by atoms with E-state index < -0.39 is 0 Å². The van der Waals surface area contributed by atoms with Gasteiger partial charge in [0.2, 0.25) is 0 Å². The number of nitrogens with one attached hydrogen (secondary N) is 3. The van der Waals surface area contributed by atoms with Crippen molar-refractivity contribution in [3.63, 3.8) is 0 Å². The van der Waals surface area contributed by atoms with E-state index in [2.05, 4.69) is 15.6 Å². The van der Waals surface area contributed by atoms with E-state index in [-0.39, 0.29) is 11.9 Å². The number of fused-ring (bicyclic) bond motifs is 1. The third-order valence-electron chi connectivity index (χ3n) is 5.77. The molecule has 3 N–H and O–H groups in total. The molecule has 0 atom stereocenters. The Morgan fingerprint density at radius 1 is 1.13 bits per heavy atom. The molecule has 2 heterocycles. The van der Waals surface area contributed by atoms with Crippen LogP contribution in [0.4, 0.5) is 10.5 Å². The van der Waals surface area contributed by atoms with Gasteiger partial charge in [-0.3, -0.25) is 4.79 Å². The molecule has 1 fully saturated rings. The number of amides is 3. The smallest absolute Gasteiger partial charge is 0.319 e. The number of benzene rings is 2. The molecule has 0 radical (unpaired) electrons. The molecule has 1 aliphatic rings. The Balaban J connectivity index is 1.32. The van der Waals surface area contributed by atoms with Gasteiger partial charge in [0.05, 0.1) is 7.11 Å². The second-order valence-corrected chi connectivity index (χ2v) is 7.89. The molecule has 1 aromatic heterocycles. The molecule has 1 aliphatic heterocycles. The van der Waals surface area contributed by atoms with Crippen LogP contribution in [-0.2, 0) is 6.42 Å². The van der Waals surface area contributed by atoms with Crippen molar-refractivity contribution in [1.82, 2.24) is 15.2 Å². The Morgan fingerprint density at radius 2 is 1.94 bits per heavy atom. The zero-order valence-electron chi connectivity index (χ0n) is 18.0. The Kier molecular flexibility index (Phi) is 6.11. The van der Waals surface area contributed by atoms with Gasteiger partial charge in [-0.1, -0.05) is 0 Å². The molecular formula is C24H28N4O3. The summed E-state index contributed by atoms with van der Waals surface area (Å²) in [6.07, 6.45) is 4.79. The van der Waals surface area contributed by atoms with Crippen LogP contribution in [0.1, 0.15) is 34.3 Å². The summed E-state index contributed by atoms with van der Waals surface area (Å²) in [5, 5.41) is 6.87. The van der Waals surface area contributed by atoms with E-state index in [4.69, 9.17) is 4.74 Å². The molecule has 0 unspecified atom stereocenters. The minimum atomic E-state index is -0.265. The van der Waals surface area contributed by atoms with Crippen LogP contribution in [0, 0.1) is 6.92 Å². The normalized spacial score (nSPS) is 13.4. The Bertz CT molecular complexity index is 1100. The number of likely N-dealkylation sites (tertiary alicyclic amines) is 1. The highest BCUT2D eigenvalue weighted by molar-refractivity contribution is 5.96. The van der Waals surface area contributed by atoms with Gasteiger partial charge in [0.1, 0.15) is 5.75 Å². The number of ether oxygens (including phenoxy) is 1. The van der Waals surface area contributed by atoms with Gasteiger partial charge in [-0.25, -0.2) is 4.79 Å². The van der Waals surface area contributed by atoms with Crippen molar-refractivity contribution >= 4 is 28.5 Å². The summed E-state index contributed by atoms with van der Waals surface area (Å²) < 4.78 is 5.30. The van der Waals surface area contributed by atoms with E-state index in [1.54, 1.807) is 19.2 Å². The quantitative estimate of drug-likeness (QED) is 0.561. The highest BCUT2D eigenvalue weighted by Crippen LogP contribution is 2.24.